The van der Waals surface area contributed by atoms with E-state index in [1.807, 2.05) is 6.92 Å². The van der Waals surface area contributed by atoms with Gasteiger partial charge in [0.05, 0.1) is 6.61 Å². The molecule has 0 aromatic heterocycles. The first-order valence-electron chi connectivity index (χ1n) is 8.07. The first-order chi connectivity index (χ1) is 12.4. The standard InChI is InChI=1S/C17H21O5PS3/c1-3-13-24-23(18,21-4-2)25-16-10-8-9-15(14-16)22-26(19,20)17-11-6-5-7-12-17/h5-12,14H,3-4,13H2,1-2H3. The molecule has 0 saturated heterocycles. The van der Waals surface area contributed by atoms with Gasteiger partial charge in [-0.05, 0) is 55.1 Å². The molecule has 5 nitrogen and oxygen atoms in total. The lowest BCUT2D eigenvalue weighted by Crippen LogP contribution is -2.09. The second-order valence-electron chi connectivity index (χ2n) is 5.11. The van der Waals surface area contributed by atoms with E-state index in [4.69, 9.17) is 8.71 Å². The van der Waals surface area contributed by atoms with E-state index < -0.39 is 15.9 Å². The zero-order valence-electron chi connectivity index (χ0n) is 14.5. The Morgan fingerprint density at radius 1 is 1.04 bits per heavy atom. The Morgan fingerprint density at radius 3 is 2.42 bits per heavy atom. The summed E-state index contributed by atoms with van der Waals surface area (Å²) in [6.45, 7) is 4.15. The van der Waals surface area contributed by atoms with Crippen molar-refractivity contribution >= 4 is 38.7 Å². The van der Waals surface area contributed by atoms with Gasteiger partial charge in [-0.1, -0.05) is 42.6 Å². The third-order valence-corrected chi connectivity index (χ3v) is 11.5. The monoisotopic (exact) mass is 432 g/mol. The molecule has 0 N–H and O–H groups in total. The molecule has 0 saturated carbocycles. The molecule has 2 rings (SSSR count). The van der Waals surface area contributed by atoms with Crippen molar-refractivity contribution in [1.82, 2.24) is 0 Å². The van der Waals surface area contributed by atoms with Gasteiger partial charge in [-0.2, -0.15) is 8.42 Å². The highest BCUT2D eigenvalue weighted by molar-refractivity contribution is 8.89. The summed E-state index contributed by atoms with van der Waals surface area (Å²) in [5.41, 5.74) is 0. The Labute approximate surface area is 162 Å². The topological polar surface area (TPSA) is 69.7 Å². The van der Waals surface area contributed by atoms with Crippen LogP contribution in [0.2, 0.25) is 0 Å². The highest BCUT2D eigenvalue weighted by Crippen LogP contribution is 2.72. The van der Waals surface area contributed by atoms with Crippen molar-refractivity contribution in [2.24, 2.45) is 0 Å². The molecule has 0 bridgehead atoms. The van der Waals surface area contributed by atoms with Gasteiger partial charge in [0, 0.05) is 10.6 Å². The Balaban J connectivity index is 2.18. The minimum Gasteiger partial charge on any atom is -0.379 e. The Kier molecular flexibility index (Phi) is 8.10. The van der Waals surface area contributed by atoms with Crippen LogP contribution in [0.25, 0.3) is 0 Å². The fourth-order valence-electron chi connectivity index (χ4n) is 1.93. The fraction of sp³-hybridized carbons (Fsp3) is 0.294. The average molecular weight is 433 g/mol. The number of benzene rings is 2. The van der Waals surface area contributed by atoms with Gasteiger partial charge in [-0.3, -0.25) is 4.57 Å². The highest BCUT2D eigenvalue weighted by Gasteiger charge is 2.25. The molecular weight excluding hydrogens is 411 g/mol. The van der Waals surface area contributed by atoms with Crippen LogP contribution in [0.1, 0.15) is 20.3 Å². The molecule has 2 aromatic carbocycles. The third kappa shape index (κ3) is 6.35. The van der Waals surface area contributed by atoms with E-state index in [9.17, 15) is 13.0 Å². The molecule has 142 valence electrons. The maximum absolute atomic E-state index is 12.9. The number of hydrogen-bond donors (Lipinski definition) is 0. The molecular formula is C17H21O5PS3. The van der Waals surface area contributed by atoms with Crippen molar-refractivity contribution in [3.8, 4) is 5.75 Å². The first kappa shape index (κ1) is 21.4. The summed E-state index contributed by atoms with van der Waals surface area (Å²) >= 11 is 2.41. The summed E-state index contributed by atoms with van der Waals surface area (Å²) in [7, 11) is -3.91. The molecule has 0 heterocycles. The molecule has 1 unspecified atom stereocenters. The normalized spacial score (nSPS) is 13.9. The fourth-order valence-corrected chi connectivity index (χ4v) is 9.76. The van der Waals surface area contributed by atoms with Crippen LogP contribution in [0.15, 0.2) is 64.4 Å². The molecule has 0 spiro atoms. The van der Waals surface area contributed by atoms with Crippen molar-refractivity contribution in [2.75, 3.05) is 12.4 Å². The van der Waals surface area contributed by atoms with E-state index >= 15 is 0 Å². The zero-order valence-corrected chi connectivity index (χ0v) is 17.9. The van der Waals surface area contributed by atoms with Crippen molar-refractivity contribution in [3.63, 3.8) is 0 Å². The largest absolute Gasteiger partial charge is 0.379 e. The van der Waals surface area contributed by atoms with Crippen LogP contribution in [0.3, 0.4) is 0 Å². The van der Waals surface area contributed by atoms with Crippen LogP contribution in [-0.2, 0) is 19.2 Å². The predicted molar refractivity (Wildman–Crippen MR) is 109 cm³/mol. The molecule has 0 aliphatic carbocycles. The van der Waals surface area contributed by atoms with E-state index in [-0.39, 0.29) is 10.6 Å². The summed E-state index contributed by atoms with van der Waals surface area (Å²) in [5, 5.41) is 0. The molecule has 0 aliphatic heterocycles. The summed E-state index contributed by atoms with van der Waals surface area (Å²) in [5.74, 6) is -2.06. The van der Waals surface area contributed by atoms with Crippen LogP contribution in [0.4, 0.5) is 0 Å². The van der Waals surface area contributed by atoms with Crippen LogP contribution >= 0.6 is 28.5 Å². The Bertz CT molecular complexity index is 856. The van der Waals surface area contributed by atoms with Crippen LogP contribution in [0.5, 0.6) is 5.75 Å². The Morgan fingerprint density at radius 2 is 1.77 bits per heavy atom. The van der Waals surface area contributed by atoms with Gasteiger partial charge in [-0.25, -0.2) is 0 Å². The van der Waals surface area contributed by atoms with Gasteiger partial charge >= 0.3 is 15.9 Å². The first-order valence-corrected chi connectivity index (χ1v) is 14.1. The maximum atomic E-state index is 12.9. The van der Waals surface area contributed by atoms with Crippen molar-refractivity contribution in [3.05, 3.63) is 54.6 Å². The van der Waals surface area contributed by atoms with Gasteiger partial charge in [0.1, 0.15) is 10.6 Å². The van der Waals surface area contributed by atoms with Gasteiger partial charge in [-0.15, -0.1) is 0 Å². The van der Waals surface area contributed by atoms with Gasteiger partial charge < -0.3 is 8.71 Å². The molecule has 0 aliphatic rings. The third-order valence-electron chi connectivity index (χ3n) is 3.00. The molecule has 0 fully saturated rings. The molecule has 26 heavy (non-hydrogen) atoms. The summed E-state index contributed by atoms with van der Waals surface area (Å²) < 4.78 is 48.2. The predicted octanol–water partition coefficient (Wildman–Crippen LogP) is 5.83. The minimum atomic E-state index is -3.91. The average Bonchev–Trinajstić information content (AvgIpc) is 2.61. The summed E-state index contributed by atoms with van der Waals surface area (Å²) in [4.78, 5) is 0.711. The number of hydrogen-bond acceptors (Lipinski definition) is 7. The highest BCUT2D eigenvalue weighted by atomic mass is 33.1. The molecule has 2 aromatic rings. The van der Waals surface area contributed by atoms with Crippen LogP contribution in [-0.4, -0.2) is 20.8 Å². The minimum absolute atomic E-state index is 0.0801. The molecule has 0 radical (unpaired) electrons. The lowest BCUT2D eigenvalue weighted by Gasteiger charge is -2.16. The van der Waals surface area contributed by atoms with Gasteiger partial charge in [0.2, 0.25) is 0 Å². The molecule has 1 atom stereocenters. The van der Waals surface area contributed by atoms with Gasteiger partial charge in [0.15, 0.2) is 0 Å². The van der Waals surface area contributed by atoms with E-state index in [2.05, 4.69) is 0 Å². The van der Waals surface area contributed by atoms with E-state index in [1.165, 1.54) is 23.5 Å². The molecule has 9 heteroatoms. The lowest BCUT2D eigenvalue weighted by molar-refractivity contribution is 0.357. The quantitative estimate of drug-likeness (QED) is 0.345. The maximum Gasteiger partial charge on any atom is 0.339 e. The second-order valence-corrected chi connectivity index (χ2v) is 14.0. The van der Waals surface area contributed by atoms with E-state index in [0.29, 0.717) is 11.5 Å². The van der Waals surface area contributed by atoms with Gasteiger partial charge in [0.25, 0.3) is 0 Å². The summed E-state index contributed by atoms with van der Waals surface area (Å²) in [6, 6.07) is 14.5. The zero-order chi connectivity index (χ0) is 19.0. The van der Waals surface area contributed by atoms with E-state index in [0.717, 1.165) is 23.6 Å². The van der Waals surface area contributed by atoms with E-state index in [1.54, 1.807) is 49.4 Å². The van der Waals surface area contributed by atoms with Crippen LogP contribution in [0, 0.1) is 0 Å². The number of rotatable bonds is 10. The van der Waals surface area contributed by atoms with Crippen molar-refractivity contribution < 1.29 is 21.7 Å². The van der Waals surface area contributed by atoms with Crippen molar-refractivity contribution in [1.29, 1.82) is 0 Å². The Hall–Kier alpha value is -0.920. The lowest BCUT2D eigenvalue weighted by atomic mass is 10.3. The SMILES string of the molecule is CCCSP(=O)(OCC)Sc1cccc(OS(=O)(=O)c2ccccc2)c1. The summed E-state index contributed by atoms with van der Waals surface area (Å²) in [6.07, 6.45) is 0.890. The molecule has 0 amide bonds. The smallest absolute Gasteiger partial charge is 0.339 e. The second kappa shape index (κ2) is 9.85. The van der Waals surface area contributed by atoms with Crippen LogP contribution < -0.4 is 4.18 Å². The van der Waals surface area contributed by atoms with Crippen molar-refractivity contribution in [2.45, 2.75) is 30.1 Å².